The van der Waals surface area contributed by atoms with Crippen LogP contribution in [0.2, 0.25) is 0 Å². The van der Waals surface area contributed by atoms with E-state index in [-0.39, 0.29) is 18.0 Å². The summed E-state index contributed by atoms with van der Waals surface area (Å²) in [4.78, 5) is 17.7. The van der Waals surface area contributed by atoms with Gasteiger partial charge in [-0.25, -0.2) is 4.98 Å². The fraction of sp³-hybridized carbons (Fsp3) is 0.538. The number of amides is 1. The van der Waals surface area contributed by atoms with Crippen molar-refractivity contribution in [1.82, 2.24) is 10.3 Å². The maximum absolute atomic E-state index is 11.1. The minimum Gasteiger partial charge on any atom is -0.354 e. The summed E-state index contributed by atoms with van der Waals surface area (Å²) in [6.07, 6.45) is 2.74. The summed E-state index contributed by atoms with van der Waals surface area (Å²) in [5, 5.41) is 2.95. The summed E-state index contributed by atoms with van der Waals surface area (Å²) >= 11 is 0. The molecule has 1 amide bonds. The molecule has 1 aromatic heterocycles. The van der Waals surface area contributed by atoms with E-state index in [4.69, 9.17) is 5.73 Å². The van der Waals surface area contributed by atoms with E-state index < -0.39 is 0 Å². The van der Waals surface area contributed by atoms with E-state index >= 15 is 0 Å². The summed E-state index contributed by atoms with van der Waals surface area (Å²) in [6.45, 7) is 5.22. The Labute approximate surface area is 107 Å². The van der Waals surface area contributed by atoms with Crippen molar-refractivity contribution in [2.45, 2.75) is 32.4 Å². The lowest BCUT2D eigenvalue weighted by Crippen LogP contribution is -2.36. The van der Waals surface area contributed by atoms with Gasteiger partial charge >= 0.3 is 0 Å². The van der Waals surface area contributed by atoms with E-state index in [1.165, 1.54) is 0 Å². The molecule has 1 aliphatic heterocycles. The molecule has 1 fully saturated rings. The standard InChI is InChI=1S/C13H20N4O/c1-9(14)12-4-3-6-15-13(12)17-7-5-11(8-17)16-10(2)18/h3-4,6,9,11H,5,7-8,14H2,1-2H3,(H,16,18)/t9-,11?/m1/s1. The second-order valence-corrected chi connectivity index (χ2v) is 4.84. The molecule has 0 bridgehead atoms. The van der Waals surface area contributed by atoms with Crippen molar-refractivity contribution in [2.75, 3.05) is 18.0 Å². The van der Waals surface area contributed by atoms with Gasteiger partial charge in [-0.15, -0.1) is 0 Å². The average Bonchev–Trinajstić information content (AvgIpc) is 2.76. The van der Waals surface area contributed by atoms with Crippen LogP contribution in [-0.4, -0.2) is 30.0 Å². The first kappa shape index (κ1) is 12.8. The van der Waals surface area contributed by atoms with Gasteiger partial charge in [-0.3, -0.25) is 4.79 Å². The zero-order valence-electron chi connectivity index (χ0n) is 10.9. The number of anilines is 1. The zero-order valence-corrected chi connectivity index (χ0v) is 10.9. The molecule has 18 heavy (non-hydrogen) atoms. The topological polar surface area (TPSA) is 71.2 Å². The highest BCUT2D eigenvalue weighted by molar-refractivity contribution is 5.73. The highest BCUT2D eigenvalue weighted by atomic mass is 16.1. The predicted molar refractivity (Wildman–Crippen MR) is 71.3 cm³/mol. The normalized spacial score (nSPS) is 20.8. The van der Waals surface area contributed by atoms with E-state index in [0.29, 0.717) is 0 Å². The third kappa shape index (κ3) is 2.79. The lowest BCUT2D eigenvalue weighted by atomic mass is 10.1. The van der Waals surface area contributed by atoms with Gasteiger partial charge in [-0.1, -0.05) is 6.07 Å². The van der Waals surface area contributed by atoms with Crippen molar-refractivity contribution >= 4 is 11.7 Å². The van der Waals surface area contributed by atoms with E-state index in [0.717, 1.165) is 30.9 Å². The third-order valence-corrected chi connectivity index (χ3v) is 3.20. The smallest absolute Gasteiger partial charge is 0.217 e. The van der Waals surface area contributed by atoms with Crippen LogP contribution in [0.5, 0.6) is 0 Å². The van der Waals surface area contributed by atoms with Gasteiger partial charge in [0.1, 0.15) is 5.82 Å². The molecule has 1 aliphatic rings. The van der Waals surface area contributed by atoms with Crippen LogP contribution < -0.4 is 16.0 Å². The Morgan fingerprint density at radius 1 is 1.67 bits per heavy atom. The number of nitrogens with zero attached hydrogens (tertiary/aromatic N) is 2. The molecule has 3 N–H and O–H groups in total. The number of pyridine rings is 1. The van der Waals surface area contributed by atoms with Gasteiger partial charge in [0, 0.05) is 43.9 Å². The highest BCUT2D eigenvalue weighted by Gasteiger charge is 2.25. The summed E-state index contributed by atoms with van der Waals surface area (Å²) in [7, 11) is 0. The van der Waals surface area contributed by atoms with E-state index in [1.54, 1.807) is 13.1 Å². The van der Waals surface area contributed by atoms with Gasteiger partial charge in [0.05, 0.1) is 0 Å². The second-order valence-electron chi connectivity index (χ2n) is 4.84. The Hall–Kier alpha value is -1.62. The monoisotopic (exact) mass is 248 g/mol. The Morgan fingerprint density at radius 2 is 2.44 bits per heavy atom. The first-order valence-corrected chi connectivity index (χ1v) is 6.30. The number of carbonyl (C=O) groups is 1. The Bertz CT molecular complexity index is 433. The highest BCUT2D eigenvalue weighted by Crippen LogP contribution is 2.25. The molecule has 0 aliphatic carbocycles. The van der Waals surface area contributed by atoms with Crippen LogP contribution in [0.4, 0.5) is 5.82 Å². The van der Waals surface area contributed by atoms with E-state index in [1.807, 2.05) is 19.1 Å². The quantitative estimate of drug-likeness (QED) is 0.830. The van der Waals surface area contributed by atoms with Crippen molar-refractivity contribution in [2.24, 2.45) is 5.73 Å². The van der Waals surface area contributed by atoms with Crippen LogP contribution in [0, 0.1) is 0 Å². The number of aromatic nitrogens is 1. The minimum atomic E-state index is -0.0338. The second kappa shape index (κ2) is 5.35. The van der Waals surface area contributed by atoms with Gasteiger partial charge in [-0.05, 0) is 19.4 Å². The zero-order chi connectivity index (χ0) is 13.1. The van der Waals surface area contributed by atoms with Crippen LogP contribution in [-0.2, 0) is 4.79 Å². The molecule has 0 aromatic carbocycles. The van der Waals surface area contributed by atoms with Gasteiger partial charge in [0.15, 0.2) is 0 Å². The van der Waals surface area contributed by atoms with Gasteiger partial charge < -0.3 is 16.0 Å². The van der Waals surface area contributed by atoms with Crippen LogP contribution in [0.3, 0.4) is 0 Å². The van der Waals surface area contributed by atoms with Gasteiger partial charge in [0.25, 0.3) is 0 Å². The van der Waals surface area contributed by atoms with Crippen molar-refractivity contribution in [1.29, 1.82) is 0 Å². The molecule has 5 nitrogen and oxygen atoms in total. The molecule has 0 saturated carbocycles. The van der Waals surface area contributed by atoms with Gasteiger partial charge in [-0.2, -0.15) is 0 Å². The average molecular weight is 248 g/mol. The third-order valence-electron chi connectivity index (χ3n) is 3.20. The number of nitrogens with one attached hydrogen (secondary N) is 1. The summed E-state index contributed by atoms with van der Waals surface area (Å²) in [5.74, 6) is 0.968. The molecule has 1 saturated heterocycles. The molecule has 0 spiro atoms. The Balaban J connectivity index is 2.12. The van der Waals surface area contributed by atoms with Crippen molar-refractivity contribution in [3.8, 4) is 0 Å². The van der Waals surface area contributed by atoms with Crippen LogP contribution >= 0.6 is 0 Å². The molecule has 1 aromatic rings. The fourth-order valence-electron chi connectivity index (χ4n) is 2.39. The minimum absolute atomic E-state index is 0.0234. The number of carbonyl (C=O) groups excluding carboxylic acids is 1. The first-order valence-electron chi connectivity index (χ1n) is 6.30. The predicted octanol–water partition coefficient (Wildman–Crippen LogP) is 0.816. The van der Waals surface area contributed by atoms with Crippen molar-refractivity contribution < 1.29 is 4.79 Å². The lowest BCUT2D eigenvalue weighted by molar-refractivity contribution is -0.119. The SMILES string of the molecule is CC(=O)NC1CCN(c2ncccc2[C@@H](C)N)C1. The fourth-order valence-corrected chi connectivity index (χ4v) is 2.39. The largest absolute Gasteiger partial charge is 0.354 e. The van der Waals surface area contributed by atoms with Crippen molar-refractivity contribution in [3.63, 3.8) is 0 Å². The number of hydrogen-bond acceptors (Lipinski definition) is 4. The Morgan fingerprint density at radius 3 is 3.11 bits per heavy atom. The summed E-state index contributed by atoms with van der Waals surface area (Å²) in [5.41, 5.74) is 7.02. The summed E-state index contributed by atoms with van der Waals surface area (Å²) < 4.78 is 0. The number of nitrogens with two attached hydrogens (primary N) is 1. The maximum Gasteiger partial charge on any atom is 0.217 e. The van der Waals surface area contributed by atoms with E-state index in [2.05, 4.69) is 15.2 Å². The lowest BCUT2D eigenvalue weighted by Gasteiger charge is -2.22. The molecule has 2 rings (SSSR count). The van der Waals surface area contributed by atoms with Crippen molar-refractivity contribution in [3.05, 3.63) is 23.9 Å². The molecule has 2 heterocycles. The molecule has 0 radical (unpaired) electrons. The Kier molecular flexibility index (Phi) is 3.81. The molecule has 5 heteroatoms. The van der Waals surface area contributed by atoms with E-state index in [9.17, 15) is 4.79 Å². The molecule has 1 unspecified atom stereocenters. The van der Waals surface area contributed by atoms with Crippen LogP contribution in [0.25, 0.3) is 0 Å². The summed E-state index contributed by atoms with van der Waals surface area (Å²) in [6, 6.07) is 4.10. The maximum atomic E-state index is 11.1. The number of hydrogen-bond donors (Lipinski definition) is 2. The molecule has 2 atom stereocenters. The van der Waals surface area contributed by atoms with Crippen LogP contribution in [0.15, 0.2) is 18.3 Å². The molecule has 98 valence electrons. The van der Waals surface area contributed by atoms with Crippen LogP contribution in [0.1, 0.15) is 31.9 Å². The van der Waals surface area contributed by atoms with Gasteiger partial charge in [0.2, 0.25) is 5.91 Å². The number of rotatable bonds is 3. The first-order chi connectivity index (χ1) is 8.58. The molecular formula is C13H20N4O. The molecular weight excluding hydrogens is 228 g/mol.